The SMILES string of the molecule is NCC1CCCC1C(=O)N1CCCC(c2ccn[nH]2)C1. The summed E-state index contributed by atoms with van der Waals surface area (Å²) in [5.41, 5.74) is 6.97. The lowest BCUT2D eigenvalue weighted by Gasteiger charge is -2.35. The van der Waals surface area contributed by atoms with Crippen LogP contribution < -0.4 is 5.73 Å². The Morgan fingerprint density at radius 2 is 2.30 bits per heavy atom. The minimum absolute atomic E-state index is 0.167. The molecule has 5 heteroatoms. The Labute approximate surface area is 119 Å². The number of H-pyrrole nitrogens is 1. The Morgan fingerprint density at radius 1 is 1.40 bits per heavy atom. The van der Waals surface area contributed by atoms with Crippen molar-refractivity contribution in [3.05, 3.63) is 18.0 Å². The van der Waals surface area contributed by atoms with Crippen molar-refractivity contribution in [2.24, 2.45) is 17.6 Å². The highest BCUT2D eigenvalue weighted by atomic mass is 16.2. The van der Waals surface area contributed by atoms with Gasteiger partial charge in [-0.25, -0.2) is 0 Å². The van der Waals surface area contributed by atoms with E-state index in [9.17, 15) is 4.79 Å². The highest BCUT2D eigenvalue weighted by molar-refractivity contribution is 5.79. The van der Waals surface area contributed by atoms with Crippen molar-refractivity contribution < 1.29 is 4.79 Å². The van der Waals surface area contributed by atoms with Gasteiger partial charge < -0.3 is 10.6 Å². The molecule has 3 N–H and O–H groups in total. The third-order valence-electron chi connectivity index (χ3n) is 4.97. The second kappa shape index (κ2) is 5.95. The van der Waals surface area contributed by atoms with Gasteiger partial charge in [-0.3, -0.25) is 9.89 Å². The highest BCUT2D eigenvalue weighted by Crippen LogP contribution is 2.34. The van der Waals surface area contributed by atoms with E-state index in [1.165, 1.54) is 0 Å². The van der Waals surface area contributed by atoms with Crippen molar-refractivity contribution >= 4 is 5.91 Å². The number of hydrogen-bond donors (Lipinski definition) is 2. The van der Waals surface area contributed by atoms with Crippen LogP contribution in [0.1, 0.15) is 43.7 Å². The summed E-state index contributed by atoms with van der Waals surface area (Å²) in [7, 11) is 0. The second-order valence-electron chi connectivity index (χ2n) is 6.17. The van der Waals surface area contributed by atoms with E-state index < -0.39 is 0 Å². The number of rotatable bonds is 3. The first-order chi connectivity index (χ1) is 9.79. The summed E-state index contributed by atoms with van der Waals surface area (Å²) < 4.78 is 0. The molecule has 1 aliphatic carbocycles. The zero-order valence-corrected chi connectivity index (χ0v) is 11.9. The molecule has 0 radical (unpaired) electrons. The highest BCUT2D eigenvalue weighted by Gasteiger charge is 2.36. The molecule has 5 nitrogen and oxygen atoms in total. The molecule has 2 fully saturated rings. The lowest BCUT2D eigenvalue weighted by atomic mass is 9.91. The van der Waals surface area contributed by atoms with Crippen molar-refractivity contribution in [2.45, 2.75) is 38.0 Å². The molecular weight excluding hydrogens is 252 g/mol. The molecule has 1 aliphatic heterocycles. The van der Waals surface area contributed by atoms with E-state index in [2.05, 4.69) is 15.1 Å². The first-order valence-electron chi connectivity index (χ1n) is 7.77. The van der Waals surface area contributed by atoms with E-state index in [0.29, 0.717) is 24.3 Å². The normalized spacial score (nSPS) is 30.6. The third-order valence-corrected chi connectivity index (χ3v) is 4.97. The Hall–Kier alpha value is -1.36. The van der Waals surface area contributed by atoms with Gasteiger partial charge in [-0.1, -0.05) is 6.42 Å². The van der Waals surface area contributed by atoms with Gasteiger partial charge in [-0.05, 0) is 44.2 Å². The zero-order chi connectivity index (χ0) is 13.9. The molecule has 2 aliphatic rings. The van der Waals surface area contributed by atoms with Crippen LogP contribution in [0.5, 0.6) is 0 Å². The summed E-state index contributed by atoms with van der Waals surface area (Å²) in [6.45, 7) is 2.38. The fourth-order valence-corrected chi connectivity index (χ4v) is 3.80. The molecule has 1 saturated carbocycles. The fourth-order valence-electron chi connectivity index (χ4n) is 3.80. The molecule has 3 unspecified atom stereocenters. The lowest BCUT2D eigenvalue weighted by Crippen LogP contribution is -2.44. The van der Waals surface area contributed by atoms with Gasteiger partial charge in [-0.15, -0.1) is 0 Å². The minimum Gasteiger partial charge on any atom is -0.342 e. The van der Waals surface area contributed by atoms with E-state index >= 15 is 0 Å². The topological polar surface area (TPSA) is 75.0 Å². The third kappa shape index (κ3) is 2.59. The Morgan fingerprint density at radius 3 is 3.05 bits per heavy atom. The molecular formula is C15H24N4O. The van der Waals surface area contributed by atoms with Crippen LogP contribution in [-0.2, 0) is 4.79 Å². The summed E-state index contributed by atoms with van der Waals surface area (Å²) in [6, 6.07) is 2.02. The fraction of sp³-hybridized carbons (Fsp3) is 0.733. The van der Waals surface area contributed by atoms with Gasteiger partial charge >= 0.3 is 0 Å². The Bertz CT molecular complexity index is 445. The molecule has 1 amide bonds. The molecule has 0 aromatic carbocycles. The zero-order valence-electron chi connectivity index (χ0n) is 11.9. The average molecular weight is 276 g/mol. The molecule has 3 atom stereocenters. The van der Waals surface area contributed by atoms with Gasteiger partial charge in [0, 0.05) is 36.8 Å². The molecule has 3 rings (SSSR count). The molecule has 2 heterocycles. The number of carbonyl (C=O) groups is 1. The monoisotopic (exact) mass is 276 g/mol. The maximum atomic E-state index is 12.7. The van der Waals surface area contributed by atoms with Crippen molar-refractivity contribution in [2.75, 3.05) is 19.6 Å². The predicted octanol–water partition coefficient (Wildman–Crippen LogP) is 1.49. The number of carbonyl (C=O) groups excluding carboxylic acids is 1. The van der Waals surface area contributed by atoms with Crippen LogP contribution in [0.15, 0.2) is 12.3 Å². The number of nitrogens with one attached hydrogen (secondary N) is 1. The van der Waals surface area contributed by atoms with Crippen LogP contribution >= 0.6 is 0 Å². The summed E-state index contributed by atoms with van der Waals surface area (Å²) in [4.78, 5) is 14.8. The molecule has 0 spiro atoms. The average Bonchev–Trinajstić information content (AvgIpc) is 3.17. The molecule has 20 heavy (non-hydrogen) atoms. The number of nitrogens with zero attached hydrogens (tertiary/aromatic N) is 2. The quantitative estimate of drug-likeness (QED) is 0.878. The van der Waals surface area contributed by atoms with Crippen LogP contribution in [0.4, 0.5) is 0 Å². The van der Waals surface area contributed by atoms with Gasteiger partial charge in [0.2, 0.25) is 5.91 Å². The Kier molecular flexibility index (Phi) is 4.05. The summed E-state index contributed by atoms with van der Waals surface area (Å²) >= 11 is 0. The largest absolute Gasteiger partial charge is 0.342 e. The Balaban J connectivity index is 1.66. The van der Waals surface area contributed by atoms with Crippen LogP contribution in [-0.4, -0.2) is 40.6 Å². The van der Waals surface area contributed by atoms with Crippen LogP contribution in [0, 0.1) is 11.8 Å². The number of aromatic amines is 1. The number of aromatic nitrogens is 2. The first kappa shape index (κ1) is 13.6. The number of hydrogen-bond acceptors (Lipinski definition) is 3. The maximum absolute atomic E-state index is 12.7. The second-order valence-corrected chi connectivity index (χ2v) is 6.17. The van der Waals surface area contributed by atoms with E-state index in [0.717, 1.165) is 50.9 Å². The number of likely N-dealkylation sites (tertiary alicyclic amines) is 1. The van der Waals surface area contributed by atoms with Crippen LogP contribution in [0.3, 0.4) is 0 Å². The van der Waals surface area contributed by atoms with E-state index in [1.54, 1.807) is 6.20 Å². The summed E-state index contributed by atoms with van der Waals surface area (Å²) in [5, 5.41) is 7.07. The predicted molar refractivity (Wildman–Crippen MR) is 77.0 cm³/mol. The van der Waals surface area contributed by atoms with E-state index in [-0.39, 0.29) is 5.92 Å². The smallest absolute Gasteiger partial charge is 0.226 e. The number of piperidine rings is 1. The van der Waals surface area contributed by atoms with Gasteiger partial charge in [0.05, 0.1) is 0 Å². The van der Waals surface area contributed by atoms with Crippen molar-refractivity contribution in [3.8, 4) is 0 Å². The summed E-state index contributed by atoms with van der Waals surface area (Å²) in [5.74, 6) is 1.31. The maximum Gasteiger partial charge on any atom is 0.226 e. The standard InChI is InChI=1S/C15H24N4O/c16-9-11-3-1-5-13(11)15(20)19-8-2-4-12(10-19)14-6-7-17-18-14/h6-7,11-13H,1-5,8-10,16H2,(H,17,18). The number of nitrogens with two attached hydrogens (primary N) is 1. The lowest BCUT2D eigenvalue weighted by molar-refractivity contribution is -0.137. The molecule has 1 aromatic heterocycles. The molecule has 1 aromatic rings. The summed E-state index contributed by atoms with van der Waals surface area (Å²) in [6.07, 6.45) is 7.29. The first-order valence-corrected chi connectivity index (χ1v) is 7.77. The van der Waals surface area contributed by atoms with Crippen molar-refractivity contribution in [1.82, 2.24) is 15.1 Å². The van der Waals surface area contributed by atoms with Crippen molar-refractivity contribution in [1.29, 1.82) is 0 Å². The molecule has 1 saturated heterocycles. The van der Waals surface area contributed by atoms with Crippen LogP contribution in [0.25, 0.3) is 0 Å². The van der Waals surface area contributed by atoms with E-state index in [1.807, 2.05) is 6.07 Å². The van der Waals surface area contributed by atoms with Gasteiger partial charge in [0.25, 0.3) is 0 Å². The number of amides is 1. The van der Waals surface area contributed by atoms with E-state index in [4.69, 9.17) is 5.73 Å². The van der Waals surface area contributed by atoms with Gasteiger partial charge in [0.1, 0.15) is 0 Å². The molecule has 0 bridgehead atoms. The van der Waals surface area contributed by atoms with Crippen molar-refractivity contribution in [3.63, 3.8) is 0 Å². The minimum atomic E-state index is 0.167. The molecule has 110 valence electrons. The van der Waals surface area contributed by atoms with Gasteiger partial charge in [0.15, 0.2) is 0 Å². The van der Waals surface area contributed by atoms with Gasteiger partial charge in [-0.2, -0.15) is 5.10 Å². The van der Waals surface area contributed by atoms with Crippen LogP contribution in [0.2, 0.25) is 0 Å².